The summed E-state index contributed by atoms with van der Waals surface area (Å²) < 4.78 is 5.87. The van der Waals surface area contributed by atoms with Gasteiger partial charge in [0.2, 0.25) is 0 Å². The van der Waals surface area contributed by atoms with Gasteiger partial charge < -0.3 is 9.84 Å². The second kappa shape index (κ2) is 7.48. The Kier molecular flexibility index (Phi) is 4.94. The molecule has 26 heavy (non-hydrogen) atoms. The summed E-state index contributed by atoms with van der Waals surface area (Å²) in [6.45, 7) is 0.354. The summed E-state index contributed by atoms with van der Waals surface area (Å²) in [5, 5.41) is 20.3. The van der Waals surface area contributed by atoms with E-state index in [1.807, 2.05) is 36.4 Å². The van der Waals surface area contributed by atoms with Crippen molar-refractivity contribution < 1.29 is 19.6 Å². The number of nitro benzene ring substituents is 1. The Bertz CT molecular complexity index is 953. The largest absolute Gasteiger partial charge is 0.488 e. The van der Waals surface area contributed by atoms with Crippen molar-refractivity contribution in [2.24, 2.45) is 0 Å². The second-order valence-corrected chi connectivity index (χ2v) is 5.56. The lowest BCUT2D eigenvalue weighted by Gasteiger charge is -2.12. The summed E-state index contributed by atoms with van der Waals surface area (Å²) in [5.41, 5.74) is 1.37. The monoisotopic (exact) mass is 349 g/mol. The highest BCUT2D eigenvalue weighted by Gasteiger charge is 2.21. The molecule has 0 heterocycles. The fourth-order valence-electron chi connectivity index (χ4n) is 2.60. The number of benzene rings is 3. The predicted molar refractivity (Wildman–Crippen MR) is 96.3 cm³/mol. The fourth-order valence-corrected chi connectivity index (χ4v) is 2.60. The van der Waals surface area contributed by atoms with E-state index >= 15 is 0 Å². The lowest BCUT2D eigenvalue weighted by Crippen LogP contribution is -2.03. The molecule has 0 atom stereocenters. The molecule has 3 aromatic rings. The molecule has 0 saturated heterocycles. The first-order valence-electron chi connectivity index (χ1n) is 7.84. The first-order valence-corrected chi connectivity index (χ1v) is 7.84. The lowest BCUT2D eigenvalue weighted by atomic mass is 10.0. The Morgan fingerprint density at radius 2 is 1.69 bits per heavy atom. The molecule has 0 amide bonds. The minimum atomic E-state index is -1.34. The second-order valence-electron chi connectivity index (χ2n) is 5.56. The van der Waals surface area contributed by atoms with Crippen LogP contribution in [-0.4, -0.2) is 16.0 Å². The number of ether oxygens (including phenoxy) is 1. The van der Waals surface area contributed by atoms with Gasteiger partial charge in [0.25, 0.3) is 5.69 Å². The SMILES string of the molecule is O=C(O)c1ccc(-c2ccccc2OCc2ccccc2)cc1[N+](=O)[O-]. The molecule has 0 aliphatic carbocycles. The van der Waals surface area contributed by atoms with Crippen LogP contribution in [-0.2, 0) is 6.61 Å². The molecule has 0 unspecified atom stereocenters. The average Bonchev–Trinajstić information content (AvgIpc) is 2.67. The van der Waals surface area contributed by atoms with Crippen molar-refractivity contribution in [1.29, 1.82) is 0 Å². The molecule has 6 nitrogen and oxygen atoms in total. The molecule has 0 aliphatic rings. The minimum Gasteiger partial charge on any atom is -0.488 e. The van der Waals surface area contributed by atoms with E-state index in [0.717, 1.165) is 5.56 Å². The van der Waals surface area contributed by atoms with E-state index in [0.29, 0.717) is 23.5 Å². The zero-order valence-electron chi connectivity index (χ0n) is 13.7. The number of rotatable bonds is 6. The highest BCUT2D eigenvalue weighted by Crippen LogP contribution is 2.33. The van der Waals surface area contributed by atoms with Crippen LogP contribution in [0.5, 0.6) is 5.75 Å². The normalized spacial score (nSPS) is 10.3. The van der Waals surface area contributed by atoms with Crippen LogP contribution in [0.2, 0.25) is 0 Å². The molecule has 0 bridgehead atoms. The number of carbonyl (C=O) groups is 1. The summed E-state index contributed by atoms with van der Waals surface area (Å²) in [6, 6.07) is 20.8. The maximum absolute atomic E-state index is 11.2. The Hall–Kier alpha value is -3.67. The third-order valence-corrected chi connectivity index (χ3v) is 3.86. The van der Waals surface area contributed by atoms with Crippen LogP contribution in [0.25, 0.3) is 11.1 Å². The lowest BCUT2D eigenvalue weighted by molar-refractivity contribution is -0.385. The first kappa shape index (κ1) is 17.2. The predicted octanol–water partition coefficient (Wildman–Crippen LogP) is 4.54. The molecule has 0 spiro atoms. The third kappa shape index (κ3) is 3.70. The van der Waals surface area contributed by atoms with Crippen LogP contribution in [0.15, 0.2) is 72.8 Å². The highest BCUT2D eigenvalue weighted by molar-refractivity contribution is 5.93. The summed E-state index contributed by atoms with van der Waals surface area (Å²) in [4.78, 5) is 21.7. The fraction of sp³-hybridized carbons (Fsp3) is 0.0500. The van der Waals surface area contributed by atoms with E-state index < -0.39 is 16.6 Å². The summed E-state index contributed by atoms with van der Waals surface area (Å²) in [6.07, 6.45) is 0. The minimum absolute atomic E-state index is 0.346. The maximum atomic E-state index is 11.2. The standard InChI is InChI=1S/C20H15NO5/c22-20(23)17-11-10-15(12-18(17)21(24)25)16-8-4-5-9-19(16)26-13-14-6-2-1-3-7-14/h1-12H,13H2,(H,22,23). The van der Waals surface area contributed by atoms with Crippen LogP contribution in [0.3, 0.4) is 0 Å². The molecule has 1 N–H and O–H groups in total. The van der Waals surface area contributed by atoms with Crippen molar-refractivity contribution in [2.45, 2.75) is 6.61 Å². The van der Waals surface area contributed by atoms with Gasteiger partial charge >= 0.3 is 5.97 Å². The van der Waals surface area contributed by atoms with E-state index in [-0.39, 0.29) is 5.56 Å². The molecule has 0 fully saturated rings. The molecule has 3 rings (SSSR count). The average molecular weight is 349 g/mol. The number of aromatic carboxylic acids is 1. The first-order chi connectivity index (χ1) is 12.6. The number of nitro groups is 1. The van der Waals surface area contributed by atoms with Gasteiger partial charge in [0.1, 0.15) is 17.9 Å². The van der Waals surface area contributed by atoms with Gasteiger partial charge in [0, 0.05) is 11.6 Å². The molecule has 0 saturated carbocycles. The van der Waals surface area contributed by atoms with Crippen LogP contribution in [0.1, 0.15) is 15.9 Å². The zero-order valence-corrected chi connectivity index (χ0v) is 13.7. The van der Waals surface area contributed by atoms with Gasteiger partial charge in [0.05, 0.1) is 4.92 Å². The Balaban J connectivity index is 1.96. The molecule has 0 aromatic heterocycles. The van der Waals surface area contributed by atoms with Gasteiger partial charge in [-0.15, -0.1) is 0 Å². The van der Waals surface area contributed by atoms with Crippen LogP contribution in [0.4, 0.5) is 5.69 Å². The molecule has 130 valence electrons. The van der Waals surface area contributed by atoms with E-state index in [2.05, 4.69) is 0 Å². The van der Waals surface area contributed by atoms with Gasteiger partial charge in [-0.2, -0.15) is 0 Å². The molecular formula is C20H15NO5. The van der Waals surface area contributed by atoms with Gasteiger partial charge in [-0.25, -0.2) is 4.79 Å². The number of hydrogen-bond donors (Lipinski definition) is 1. The molecule has 0 radical (unpaired) electrons. The van der Waals surface area contributed by atoms with Gasteiger partial charge in [-0.3, -0.25) is 10.1 Å². The zero-order chi connectivity index (χ0) is 18.5. The Morgan fingerprint density at radius 1 is 1.00 bits per heavy atom. The van der Waals surface area contributed by atoms with E-state index in [1.165, 1.54) is 12.1 Å². The van der Waals surface area contributed by atoms with E-state index in [1.54, 1.807) is 24.3 Å². The number of nitrogens with zero attached hydrogens (tertiary/aromatic N) is 1. The highest BCUT2D eigenvalue weighted by atomic mass is 16.6. The molecule has 6 heteroatoms. The van der Waals surface area contributed by atoms with Crippen molar-refractivity contribution in [3.8, 4) is 16.9 Å². The Morgan fingerprint density at radius 3 is 2.38 bits per heavy atom. The smallest absolute Gasteiger partial charge is 0.342 e. The number of para-hydroxylation sites is 1. The van der Waals surface area contributed by atoms with E-state index in [4.69, 9.17) is 9.84 Å². The van der Waals surface area contributed by atoms with Gasteiger partial charge in [-0.05, 0) is 23.3 Å². The Labute approximate surface area is 149 Å². The van der Waals surface area contributed by atoms with Crippen molar-refractivity contribution in [2.75, 3.05) is 0 Å². The molecule has 0 aliphatic heterocycles. The maximum Gasteiger partial charge on any atom is 0.342 e. The summed E-state index contributed by atoms with van der Waals surface area (Å²) in [7, 11) is 0. The quantitative estimate of drug-likeness (QED) is 0.521. The summed E-state index contributed by atoms with van der Waals surface area (Å²) in [5.74, 6) is -0.773. The van der Waals surface area contributed by atoms with Crippen LogP contribution >= 0.6 is 0 Å². The number of hydrogen-bond acceptors (Lipinski definition) is 4. The number of carboxylic acids is 1. The number of carboxylic acid groups (broad SMARTS) is 1. The van der Waals surface area contributed by atoms with Gasteiger partial charge in [-0.1, -0.05) is 54.6 Å². The topological polar surface area (TPSA) is 89.7 Å². The van der Waals surface area contributed by atoms with Gasteiger partial charge in [0.15, 0.2) is 0 Å². The summed E-state index contributed by atoms with van der Waals surface area (Å²) >= 11 is 0. The van der Waals surface area contributed by atoms with Crippen molar-refractivity contribution >= 4 is 11.7 Å². The van der Waals surface area contributed by atoms with Crippen molar-refractivity contribution in [1.82, 2.24) is 0 Å². The molecule has 3 aromatic carbocycles. The van der Waals surface area contributed by atoms with Crippen LogP contribution < -0.4 is 4.74 Å². The molecular weight excluding hydrogens is 334 g/mol. The van der Waals surface area contributed by atoms with Crippen molar-refractivity contribution in [3.05, 3.63) is 94.0 Å². The van der Waals surface area contributed by atoms with Crippen molar-refractivity contribution in [3.63, 3.8) is 0 Å². The van der Waals surface area contributed by atoms with E-state index in [9.17, 15) is 14.9 Å². The third-order valence-electron chi connectivity index (χ3n) is 3.86. The van der Waals surface area contributed by atoms with Crippen LogP contribution in [0, 0.1) is 10.1 Å².